The molecule has 10 heteroatoms. The Morgan fingerprint density at radius 2 is 1.86 bits per heavy atom. The molecule has 3 aromatic rings. The number of furan rings is 1. The van der Waals surface area contributed by atoms with Crippen molar-refractivity contribution < 1.29 is 14.0 Å². The average molecular weight is 414 g/mol. The molecule has 3 aromatic heterocycles. The Labute approximate surface area is 172 Å². The van der Waals surface area contributed by atoms with E-state index in [-0.39, 0.29) is 17.1 Å². The summed E-state index contributed by atoms with van der Waals surface area (Å²) in [6, 6.07) is 5.28. The summed E-state index contributed by atoms with van der Waals surface area (Å²) in [5.41, 5.74) is 1.83. The molecule has 1 unspecified atom stereocenters. The Kier molecular flexibility index (Phi) is 5.27. The number of nitrogens with zero attached hydrogens (tertiary/aromatic N) is 6. The quantitative estimate of drug-likeness (QED) is 0.601. The van der Waals surface area contributed by atoms with Crippen LogP contribution in [0.5, 0.6) is 0 Å². The first-order valence-corrected chi connectivity index (χ1v) is 10.3. The standard InChI is InChI=1S/C19H22N6O3S/c1-12-11-13(2)25-18(20-12)21-19(22-25)29-14(3)16(26)23-6-8-24(9-7-23)17(27)15-5-4-10-28-15/h4-5,10-11,14H,6-9H2,1-3H3. The summed E-state index contributed by atoms with van der Waals surface area (Å²) in [5, 5.41) is 4.65. The normalized spacial score (nSPS) is 15.7. The van der Waals surface area contributed by atoms with Crippen LogP contribution in [0.25, 0.3) is 5.78 Å². The number of amides is 2. The molecule has 2 amide bonds. The second-order valence-electron chi connectivity index (χ2n) is 7.00. The van der Waals surface area contributed by atoms with E-state index >= 15 is 0 Å². The molecule has 9 nitrogen and oxygen atoms in total. The number of carbonyl (C=O) groups is 2. The summed E-state index contributed by atoms with van der Waals surface area (Å²) in [6.45, 7) is 7.67. The Morgan fingerprint density at radius 3 is 2.55 bits per heavy atom. The van der Waals surface area contributed by atoms with Crippen LogP contribution in [0.1, 0.15) is 28.9 Å². The predicted octanol–water partition coefficient (Wildman–Crippen LogP) is 1.80. The van der Waals surface area contributed by atoms with E-state index in [0.29, 0.717) is 42.9 Å². The molecule has 1 atom stereocenters. The Morgan fingerprint density at radius 1 is 1.14 bits per heavy atom. The van der Waals surface area contributed by atoms with Gasteiger partial charge in [0.2, 0.25) is 11.1 Å². The van der Waals surface area contributed by atoms with Crippen LogP contribution in [-0.4, -0.2) is 72.6 Å². The molecule has 0 aromatic carbocycles. The van der Waals surface area contributed by atoms with Crippen LogP contribution >= 0.6 is 11.8 Å². The summed E-state index contributed by atoms with van der Waals surface area (Å²) in [6.07, 6.45) is 1.48. The second-order valence-corrected chi connectivity index (χ2v) is 8.31. The molecule has 0 spiro atoms. The summed E-state index contributed by atoms with van der Waals surface area (Å²) < 4.78 is 6.86. The van der Waals surface area contributed by atoms with Crippen LogP contribution in [0, 0.1) is 13.8 Å². The van der Waals surface area contributed by atoms with Gasteiger partial charge in [-0.1, -0.05) is 11.8 Å². The van der Waals surface area contributed by atoms with Crippen LogP contribution in [0.3, 0.4) is 0 Å². The van der Waals surface area contributed by atoms with E-state index in [0.717, 1.165) is 11.4 Å². The molecule has 1 aliphatic heterocycles. The van der Waals surface area contributed by atoms with Gasteiger partial charge in [-0.3, -0.25) is 9.59 Å². The molecular weight excluding hydrogens is 392 g/mol. The van der Waals surface area contributed by atoms with Crippen LogP contribution < -0.4 is 0 Å². The van der Waals surface area contributed by atoms with Crippen molar-refractivity contribution in [1.29, 1.82) is 0 Å². The molecule has 0 saturated carbocycles. The smallest absolute Gasteiger partial charge is 0.289 e. The molecule has 0 N–H and O–H groups in total. The van der Waals surface area contributed by atoms with Gasteiger partial charge in [0.25, 0.3) is 11.7 Å². The van der Waals surface area contributed by atoms with Gasteiger partial charge in [0.1, 0.15) is 0 Å². The minimum Gasteiger partial charge on any atom is -0.459 e. The van der Waals surface area contributed by atoms with Crippen molar-refractivity contribution in [2.45, 2.75) is 31.2 Å². The average Bonchev–Trinajstić information content (AvgIpc) is 3.37. The zero-order valence-corrected chi connectivity index (χ0v) is 17.3. The number of piperazine rings is 1. The van der Waals surface area contributed by atoms with Gasteiger partial charge in [0, 0.05) is 37.6 Å². The van der Waals surface area contributed by atoms with Crippen LogP contribution in [-0.2, 0) is 4.79 Å². The molecule has 152 valence electrons. The minimum atomic E-state index is -0.332. The highest BCUT2D eigenvalue weighted by atomic mass is 32.2. The third-order valence-electron chi connectivity index (χ3n) is 4.84. The summed E-state index contributed by atoms with van der Waals surface area (Å²) in [7, 11) is 0. The molecule has 1 saturated heterocycles. The maximum Gasteiger partial charge on any atom is 0.289 e. The lowest BCUT2D eigenvalue weighted by molar-refractivity contribution is -0.131. The number of carbonyl (C=O) groups excluding carboxylic acids is 2. The first-order valence-electron chi connectivity index (χ1n) is 9.41. The number of hydrogen-bond acceptors (Lipinski definition) is 7. The maximum atomic E-state index is 12.8. The summed E-state index contributed by atoms with van der Waals surface area (Å²) in [5.74, 6) is 0.733. The third-order valence-corrected chi connectivity index (χ3v) is 5.78. The fourth-order valence-corrected chi connectivity index (χ4v) is 4.18. The van der Waals surface area contributed by atoms with Crippen LogP contribution in [0.15, 0.2) is 34.0 Å². The second kappa shape index (κ2) is 7.86. The fourth-order valence-electron chi connectivity index (χ4n) is 3.35. The highest BCUT2D eigenvalue weighted by Gasteiger charge is 2.29. The molecule has 0 radical (unpaired) electrons. The highest BCUT2D eigenvalue weighted by Crippen LogP contribution is 2.23. The SMILES string of the molecule is Cc1cc(C)n2nc(SC(C)C(=O)N3CCN(C(=O)c4ccco4)CC3)nc2n1. The number of rotatable bonds is 4. The molecule has 1 aliphatic rings. The molecule has 4 rings (SSSR count). The van der Waals surface area contributed by atoms with Gasteiger partial charge in [-0.25, -0.2) is 9.50 Å². The third kappa shape index (κ3) is 3.98. The lowest BCUT2D eigenvalue weighted by atomic mass is 10.2. The Hall–Kier alpha value is -2.88. The lowest BCUT2D eigenvalue weighted by Crippen LogP contribution is -2.52. The molecule has 1 fully saturated rings. The molecular formula is C19H22N6O3S. The highest BCUT2D eigenvalue weighted by molar-refractivity contribution is 8.00. The van der Waals surface area contributed by atoms with Gasteiger partial charge in [-0.15, -0.1) is 5.10 Å². The van der Waals surface area contributed by atoms with Crippen molar-refractivity contribution in [2.75, 3.05) is 26.2 Å². The van der Waals surface area contributed by atoms with Crippen molar-refractivity contribution in [3.8, 4) is 0 Å². The number of thioether (sulfide) groups is 1. The summed E-state index contributed by atoms with van der Waals surface area (Å²) >= 11 is 1.32. The molecule has 0 aliphatic carbocycles. The van der Waals surface area contributed by atoms with Crippen molar-refractivity contribution >= 4 is 29.4 Å². The lowest BCUT2D eigenvalue weighted by Gasteiger charge is -2.35. The van der Waals surface area contributed by atoms with Gasteiger partial charge < -0.3 is 14.2 Å². The van der Waals surface area contributed by atoms with E-state index in [1.807, 2.05) is 26.8 Å². The van der Waals surface area contributed by atoms with Crippen LogP contribution in [0.4, 0.5) is 0 Å². The number of aryl methyl sites for hydroxylation is 2. The number of aromatic nitrogens is 4. The molecule has 4 heterocycles. The zero-order chi connectivity index (χ0) is 20.5. The monoisotopic (exact) mass is 414 g/mol. The number of fused-ring (bicyclic) bond motifs is 1. The van der Waals surface area contributed by atoms with E-state index in [2.05, 4.69) is 15.1 Å². The maximum absolute atomic E-state index is 12.8. The predicted molar refractivity (Wildman–Crippen MR) is 107 cm³/mol. The van der Waals surface area contributed by atoms with Gasteiger partial charge in [0.15, 0.2) is 5.76 Å². The van der Waals surface area contributed by atoms with Crippen molar-refractivity contribution in [2.24, 2.45) is 0 Å². The van der Waals surface area contributed by atoms with Gasteiger partial charge >= 0.3 is 0 Å². The van der Waals surface area contributed by atoms with E-state index in [1.165, 1.54) is 18.0 Å². The van der Waals surface area contributed by atoms with Crippen molar-refractivity contribution in [3.63, 3.8) is 0 Å². The minimum absolute atomic E-state index is 0.0137. The van der Waals surface area contributed by atoms with Crippen molar-refractivity contribution in [3.05, 3.63) is 41.6 Å². The van der Waals surface area contributed by atoms with Gasteiger partial charge in [-0.05, 0) is 39.0 Å². The zero-order valence-electron chi connectivity index (χ0n) is 16.5. The van der Waals surface area contributed by atoms with E-state index in [4.69, 9.17) is 4.42 Å². The van der Waals surface area contributed by atoms with E-state index < -0.39 is 0 Å². The Balaban J connectivity index is 1.36. The van der Waals surface area contributed by atoms with Gasteiger partial charge in [0.05, 0.1) is 11.5 Å². The number of hydrogen-bond donors (Lipinski definition) is 0. The largest absolute Gasteiger partial charge is 0.459 e. The van der Waals surface area contributed by atoms with E-state index in [1.54, 1.807) is 26.4 Å². The fraction of sp³-hybridized carbons (Fsp3) is 0.421. The molecule has 29 heavy (non-hydrogen) atoms. The topological polar surface area (TPSA) is 96.8 Å². The first-order chi connectivity index (χ1) is 13.9. The first kappa shape index (κ1) is 19.4. The van der Waals surface area contributed by atoms with Gasteiger partial charge in [-0.2, -0.15) is 4.98 Å². The van der Waals surface area contributed by atoms with Crippen molar-refractivity contribution in [1.82, 2.24) is 29.4 Å². The Bertz CT molecular complexity index is 1040. The molecule has 0 bridgehead atoms. The van der Waals surface area contributed by atoms with Crippen LogP contribution in [0.2, 0.25) is 0 Å². The van der Waals surface area contributed by atoms with E-state index in [9.17, 15) is 9.59 Å². The summed E-state index contributed by atoms with van der Waals surface area (Å²) in [4.78, 5) is 37.5.